The third-order valence-electron chi connectivity index (χ3n) is 4.29. The van der Waals surface area contributed by atoms with Crippen molar-refractivity contribution >= 4 is 40.0 Å². The molecule has 3 rings (SSSR count). The summed E-state index contributed by atoms with van der Waals surface area (Å²) in [7, 11) is 0. The number of Topliss-reactive ketones (excluding diaryl/α,β-unsaturated/α-hetero) is 1. The number of carbonyl (C=O) groups is 1. The van der Waals surface area contributed by atoms with Crippen molar-refractivity contribution in [2.75, 3.05) is 5.75 Å². The zero-order valence-corrected chi connectivity index (χ0v) is 16.2. The molecule has 0 unspecified atom stereocenters. The molecule has 0 aliphatic heterocycles. The highest BCUT2D eigenvalue weighted by Gasteiger charge is 2.17. The van der Waals surface area contributed by atoms with Gasteiger partial charge in [0.1, 0.15) is 0 Å². The smallest absolute Gasteiger partial charge is 0.262 e. The lowest BCUT2D eigenvalue weighted by Gasteiger charge is -2.18. The highest BCUT2D eigenvalue weighted by molar-refractivity contribution is 7.99. The van der Waals surface area contributed by atoms with Crippen molar-refractivity contribution in [3.63, 3.8) is 0 Å². The second-order valence-electron chi connectivity index (χ2n) is 6.07. The minimum atomic E-state index is -0.0670. The maximum Gasteiger partial charge on any atom is 0.262 e. The molecule has 0 bridgehead atoms. The standard InChI is InChI=1S/C20H19ClN2O2S/c1-3-13(2)23-19(25)16-9-4-5-10-17(16)22-20(23)26-12-18(24)14-7-6-8-15(21)11-14/h4-11,13H,3,12H2,1-2H3/t13-/m1/s1. The Balaban J connectivity index is 1.96. The van der Waals surface area contributed by atoms with Gasteiger partial charge in [-0.15, -0.1) is 0 Å². The molecule has 0 aliphatic carbocycles. The quantitative estimate of drug-likeness (QED) is 0.340. The first-order valence-electron chi connectivity index (χ1n) is 8.44. The van der Waals surface area contributed by atoms with Gasteiger partial charge in [-0.05, 0) is 37.6 Å². The molecule has 0 N–H and O–H groups in total. The highest BCUT2D eigenvalue weighted by atomic mass is 35.5. The van der Waals surface area contributed by atoms with Gasteiger partial charge in [0.25, 0.3) is 5.56 Å². The Morgan fingerprint density at radius 3 is 2.73 bits per heavy atom. The molecule has 1 aromatic heterocycles. The predicted molar refractivity (Wildman–Crippen MR) is 108 cm³/mol. The Bertz CT molecular complexity index is 1020. The van der Waals surface area contributed by atoms with E-state index in [4.69, 9.17) is 11.6 Å². The molecule has 134 valence electrons. The van der Waals surface area contributed by atoms with E-state index in [1.807, 2.05) is 32.0 Å². The second kappa shape index (κ2) is 8.06. The minimum Gasteiger partial charge on any atom is -0.293 e. The zero-order chi connectivity index (χ0) is 18.7. The van der Waals surface area contributed by atoms with Crippen molar-refractivity contribution in [2.24, 2.45) is 0 Å². The van der Waals surface area contributed by atoms with Crippen molar-refractivity contribution < 1.29 is 4.79 Å². The third-order valence-corrected chi connectivity index (χ3v) is 5.47. The van der Waals surface area contributed by atoms with Crippen LogP contribution in [0.3, 0.4) is 0 Å². The van der Waals surface area contributed by atoms with Crippen LogP contribution in [0.25, 0.3) is 10.9 Å². The van der Waals surface area contributed by atoms with E-state index >= 15 is 0 Å². The number of hydrogen-bond acceptors (Lipinski definition) is 4. The molecule has 0 radical (unpaired) electrons. The number of para-hydroxylation sites is 1. The maximum absolute atomic E-state index is 12.9. The van der Waals surface area contributed by atoms with Gasteiger partial charge in [0.05, 0.1) is 16.7 Å². The Labute approximate surface area is 161 Å². The van der Waals surface area contributed by atoms with E-state index < -0.39 is 0 Å². The summed E-state index contributed by atoms with van der Waals surface area (Å²) in [5.74, 6) is 0.150. The average molecular weight is 387 g/mol. The van der Waals surface area contributed by atoms with Crippen molar-refractivity contribution in [3.8, 4) is 0 Å². The number of rotatable bonds is 6. The number of nitrogens with zero attached hydrogens (tertiary/aromatic N) is 2. The summed E-state index contributed by atoms with van der Waals surface area (Å²) in [4.78, 5) is 30.0. The molecule has 0 amide bonds. The second-order valence-corrected chi connectivity index (χ2v) is 7.45. The molecular formula is C20H19ClN2O2S. The normalized spacial score (nSPS) is 12.3. The van der Waals surface area contributed by atoms with Crippen LogP contribution in [-0.4, -0.2) is 21.1 Å². The highest BCUT2D eigenvalue weighted by Crippen LogP contribution is 2.23. The number of benzene rings is 2. The van der Waals surface area contributed by atoms with Crippen molar-refractivity contribution in [3.05, 3.63) is 69.5 Å². The lowest BCUT2D eigenvalue weighted by molar-refractivity contribution is 0.102. The number of aromatic nitrogens is 2. The van der Waals surface area contributed by atoms with E-state index in [0.29, 0.717) is 26.6 Å². The minimum absolute atomic E-state index is 0.00313. The molecule has 3 aromatic rings. The van der Waals surface area contributed by atoms with Crippen LogP contribution in [0.1, 0.15) is 36.7 Å². The number of halogens is 1. The summed E-state index contributed by atoms with van der Waals surface area (Å²) in [6.45, 7) is 4.01. The third kappa shape index (κ3) is 3.84. The summed E-state index contributed by atoms with van der Waals surface area (Å²) in [5, 5.41) is 1.69. The van der Waals surface area contributed by atoms with Gasteiger partial charge in [-0.25, -0.2) is 4.98 Å². The van der Waals surface area contributed by atoms with Crippen LogP contribution < -0.4 is 5.56 Å². The van der Waals surface area contributed by atoms with Gasteiger partial charge in [-0.2, -0.15) is 0 Å². The van der Waals surface area contributed by atoms with Gasteiger partial charge in [0, 0.05) is 16.6 Å². The molecule has 26 heavy (non-hydrogen) atoms. The number of carbonyl (C=O) groups excluding carboxylic acids is 1. The van der Waals surface area contributed by atoms with Gasteiger partial charge in [0.15, 0.2) is 10.9 Å². The maximum atomic E-state index is 12.9. The van der Waals surface area contributed by atoms with Crippen LogP contribution >= 0.6 is 23.4 Å². The van der Waals surface area contributed by atoms with Crippen LogP contribution in [0.15, 0.2) is 58.5 Å². The Morgan fingerprint density at radius 2 is 2.00 bits per heavy atom. The first-order chi connectivity index (χ1) is 12.5. The molecule has 4 nitrogen and oxygen atoms in total. The van der Waals surface area contributed by atoms with Gasteiger partial charge in [-0.1, -0.05) is 54.6 Å². The van der Waals surface area contributed by atoms with Crippen LogP contribution in [0.2, 0.25) is 5.02 Å². The van der Waals surface area contributed by atoms with Crippen LogP contribution in [0.4, 0.5) is 0 Å². The van der Waals surface area contributed by atoms with Gasteiger partial charge >= 0.3 is 0 Å². The van der Waals surface area contributed by atoms with E-state index in [-0.39, 0.29) is 23.1 Å². The topological polar surface area (TPSA) is 52.0 Å². The van der Waals surface area contributed by atoms with Crippen molar-refractivity contribution in [2.45, 2.75) is 31.5 Å². The summed E-state index contributed by atoms with van der Waals surface area (Å²) >= 11 is 7.25. The van der Waals surface area contributed by atoms with Crippen LogP contribution in [0, 0.1) is 0 Å². The lowest BCUT2D eigenvalue weighted by Crippen LogP contribution is -2.26. The van der Waals surface area contributed by atoms with E-state index in [9.17, 15) is 9.59 Å². The number of ketones is 1. The molecule has 1 heterocycles. The molecular weight excluding hydrogens is 368 g/mol. The first kappa shape index (κ1) is 18.7. The molecule has 0 saturated carbocycles. The lowest BCUT2D eigenvalue weighted by atomic mass is 10.1. The average Bonchev–Trinajstić information content (AvgIpc) is 2.65. The van der Waals surface area contributed by atoms with Gasteiger partial charge in [-0.3, -0.25) is 14.2 Å². The van der Waals surface area contributed by atoms with E-state index in [0.717, 1.165) is 6.42 Å². The number of hydrogen-bond donors (Lipinski definition) is 0. The monoisotopic (exact) mass is 386 g/mol. The summed E-state index contributed by atoms with van der Waals surface area (Å²) in [5.41, 5.74) is 1.14. The van der Waals surface area contributed by atoms with Crippen molar-refractivity contribution in [1.82, 2.24) is 9.55 Å². The predicted octanol–water partition coefficient (Wildman–Crippen LogP) is 5.00. The SMILES string of the molecule is CC[C@@H](C)n1c(SCC(=O)c2cccc(Cl)c2)nc2ccccc2c1=O. The summed E-state index contributed by atoms with van der Waals surface area (Å²) in [6.07, 6.45) is 0.801. The van der Waals surface area contributed by atoms with Crippen LogP contribution in [0.5, 0.6) is 0 Å². The van der Waals surface area contributed by atoms with Gasteiger partial charge < -0.3 is 0 Å². The van der Waals surface area contributed by atoms with Gasteiger partial charge in [0.2, 0.25) is 0 Å². The number of thioether (sulfide) groups is 1. The van der Waals surface area contributed by atoms with Crippen molar-refractivity contribution in [1.29, 1.82) is 0 Å². The molecule has 0 spiro atoms. The summed E-state index contributed by atoms with van der Waals surface area (Å²) in [6, 6.07) is 14.2. The van der Waals surface area contributed by atoms with Crippen LogP contribution in [-0.2, 0) is 0 Å². The Hall–Kier alpha value is -2.11. The molecule has 0 saturated heterocycles. The molecule has 6 heteroatoms. The Kier molecular flexibility index (Phi) is 5.79. The largest absolute Gasteiger partial charge is 0.293 e. The molecule has 0 fully saturated rings. The molecule has 1 atom stereocenters. The first-order valence-corrected chi connectivity index (χ1v) is 9.80. The van der Waals surface area contributed by atoms with E-state index in [1.54, 1.807) is 34.9 Å². The Morgan fingerprint density at radius 1 is 1.23 bits per heavy atom. The fourth-order valence-electron chi connectivity index (χ4n) is 2.67. The fourth-order valence-corrected chi connectivity index (χ4v) is 3.86. The molecule has 0 aliphatic rings. The van der Waals surface area contributed by atoms with E-state index in [1.165, 1.54) is 11.8 Å². The molecule has 2 aromatic carbocycles. The number of fused-ring (bicyclic) bond motifs is 1. The van der Waals surface area contributed by atoms with E-state index in [2.05, 4.69) is 4.98 Å². The fraction of sp³-hybridized carbons (Fsp3) is 0.250. The zero-order valence-electron chi connectivity index (χ0n) is 14.6. The summed E-state index contributed by atoms with van der Waals surface area (Å²) < 4.78 is 1.69.